The van der Waals surface area contributed by atoms with Crippen molar-refractivity contribution in [2.24, 2.45) is 0 Å². The summed E-state index contributed by atoms with van der Waals surface area (Å²) in [6, 6.07) is 6.62. The molecule has 0 radical (unpaired) electrons. The van der Waals surface area contributed by atoms with E-state index in [4.69, 9.17) is 10.5 Å². The smallest absolute Gasteiger partial charge is 0.323 e. The first-order chi connectivity index (χ1) is 11.3. The summed E-state index contributed by atoms with van der Waals surface area (Å²) in [6.07, 6.45) is 0. The number of rotatable bonds is 7. The predicted octanol–water partition coefficient (Wildman–Crippen LogP) is 0.186. The van der Waals surface area contributed by atoms with Crippen molar-refractivity contribution in [3.63, 3.8) is 0 Å². The molecule has 3 N–H and O–H groups in total. The zero-order valence-electron chi connectivity index (χ0n) is 13.7. The molecule has 10 heteroatoms. The fourth-order valence-electron chi connectivity index (χ4n) is 1.74. The number of ether oxygens (including phenoxy) is 1. The van der Waals surface area contributed by atoms with Crippen LogP contribution in [0.15, 0.2) is 29.2 Å². The van der Waals surface area contributed by atoms with Gasteiger partial charge in [-0.25, -0.2) is 13.1 Å². The first-order valence-corrected chi connectivity index (χ1v) is 8.64. The first kappa shape index (κ1) is 17.9. The molecule has 130 valence electrons. The maximum Gasteiger partial charge on any atom is 0.323 e. The van der Waals surface area contributed by atoms with Crippen molar-refractivity contribution >= 4 is 21.9 Å². The molecule has 1 aromatic heterocycles. The van der Waals surface area contributed by atoms with Gasteiger partial charge in [0.05, 0.1) is 4.90 Å². The Morgan fingerprint density at radius 2 is 1.83 bits per heavy atom. The molecule has 0 amide bonds. The SMILES string of the molecule is Cc1ccc(S(=O)(=O)NCCOc2nc(N)nc(N(C)C)n2)cc1. The second kappa shape index (κ2) is 7.41. The zero-order chi connectivity index (χ0) is 17.7. The van der Waals surface area contributed by atoms with E-state index in [-0.39, 0.29) is 30.0 Å². The fraction of sp³-hybridized carbons (Fsp3) is 0.357. The highest BCUT2D eigenvalue weighted by Gasteiger charge is 2.13. The summed E-state index contributed by atoms with van der Waals surface area (Å²) in [5, 5.41) is 0. The van der Waals surface area contributed by atoms with E-state index in [1.807, 2.05) is 6.92 Å². The molecular weight excluding hydrogens is 332 g/mol. The van der Waals surface area contributed by atoms with Crippen molar-refractivity contribution in [2.75, 3.05) is 37.9 Å². The van der Waals surface area contributed by atoms with Crippen LogP contribution in [0.3, 0.4) is 0 Å². The van der Waals surface area contributed by atoms with E-state index in [1.54, 1.807) is 43.3 Å². The van der Waals surface area contributed by atoms with Gasteiger partial charge < -0.3 is 15.4 Å². The molecule has 0 saturated carbocycles. The quantitative estimate of drug-likeness (QED) is 0.677. The molecule has 9 nitrogen and oxygen atoms in total. The number of benzene rings is 1. The normalized spacial score (nSPS) is 11.3. The van der Waals surface area contributed by atoms with Crippen LogP contribution >= 0.6 is 0 Å². The topological polar surface area (TPSA) is 123 Å². The van der Waals surface area contributed by atoms with E-state index in [2.05, 4.69) is 19.7 Å². The van der Waals surface area contributed by atoms with Gasteiger partial charge in [-0.1, -0.05) is 17.7 Å². The highest BCUT2D eigenvalue weighted by atomic mass is 32.2. The Bertz CT molecular complexity index is 793. The van der Waals surface area contributed by atoms with Crippen LogP contribution in [0.25, 0.3) is 0 Å². The van der Waals surface area contributed by atoms with Crippen molar-refractivity contribution in [2.45, 2.75) is 11.8 Å². The molecule has 2 rings (SSSR count). The highest BCUT2D eigenvalue weighted by molar-refractivity contribution is 7.89. The van der Waals surface area contributed by atoms with E-state index in [0.29, 0.717) is 5.95 Å². The van der Waals surface area contributed by atoms with Crippen molar-refractivity contribution < 1.29 is 13.2 Å². The van der Waals surface area contributed by atoms with Gasteiger partial charge in [0, 0.05) is 20.6 Å². The van der Waals surface area contributed by atoms with Crippen molar-refractivity contribution in [1.82, 2.24) is 19.7 Å². The molecule has 2 aromatic rings. The summed E-state index contributed by atoms with van der Waals surface area (Å²) < 4.78 is 32.0. The number of nitrogen functional groups attached to an aromatic ring is 1. The third-order valence-corrected chi connectivity index (χ3v) is 4.45. The zero-order valence-corrected chi connectivity index (χ0v) is 14.5. The Morgan fingerprint density at radius 1 is 1.17 bits per heavy atom. The van der Waals surface area contributed by atoms with Gasteiger partial charge in [0.25, 0.3) is 0 Å². The Labute approximate surface area is 140 Å². The van der Waals surface area contributed by atoms with E-state index >= 15 is 0 Å². The summed E-state index contributed by atoms with van der Waals surface area (Å²) in [5.74, 6) is 0.390. The molecule has 0 aliphatic heterocycles. The maximum absolute atomic E-state index is 12.1. The Balaban J connectivity index is 1.92. The van der Waals surface area contributed by atoms with Crippen molar-refractivity contribution in [3.05, 3.63) is 29.8 Å². The molecule has 0 aliphatic rings. The second-order valence-corrected chi connectivity index (χ2v) is 7.00. The average Bonchev–Trinajstić information content (AvgIpc) is 2.51. The van der Waals surface area contributed by atoms with E-state index in [0.717, 1.165) is 5.56 Å². The van der Waals surface area contributed by atoms with Crippen LogP contribution in [-0.2, 0) is 10.0 Å². The minimum atomic E-state index is -3.58. The second-order valence-electron chi connectivity index (χ2n) is 5.23. The van der Waals surface area contributed by atoms with Crippen LogP contribution in [0, 0.1) is 6.92 Å². The third kappa shape index (κ3) is 4.77. The molecule has 0 unspecified atom stereocenters. The Kier molecular flexibility index (Phi) is 5.52. The van der Waals surface area contributed by atoms with Crippen LogP contribution in [0.4, 0.5) is 11.9 Å². The van der Waals surface area contributed by atoms with Gasteiger partial charge in [-0.2, -0.15) is 15.0 Å². The van der Waals surface area contributed by atoms with Gasteiger partial charge in [0.15, 0.2) is 0 Å². The number of aryl methyl sites for hydroxylation is 1. The molecular formula is C14H20N6O3S. The summed E-state index contributed by atoms with van der Waals surface area (Å²) >= 11 is 0. The van der Waals surface area contributed by atoms with Gasteiger partial charge in [-0.05, 0) is 19.1 Å². The lowest BCUT2D eigenvalue weighted by molar-refractivity contribution is 0.297. The number of nitrogens with one attached hydrogen (secondary N) is 1. The summed E-state index contributed by atoms with van der Waals surface area (Å²) in [5.41, 5.74) is 6.57. The van der Waals surface area contributed by atoms with Crippen molar-refractivity contribution in [3.8, 4) is 6.01 Å². The molecule has 0 spiro atoms. The monoisotopic (exact) mass is 352 g/mol. The molecule has 1 heterocycles. The van der Waals surface area contributed by atoms with E-state index in [9.17, 15) is 8.42 Å². The van der Waals surface area contributed by atoms with Crippen molar-refractivity contribution in [1.29, 1.82) is 0 Å². The van der Waals surface area contributed by atoms with Crippen LogP contribution in [-0.4, -0.2) is 50.6 Å². The lowest BCUT2D eigenvalue weighted by Gasteiger charge is -2.12. The molecule has 0 bridgehead atoms. The van der Waals surface area contributed by atoms with Crippen LogP contribution in [0.1, 0.15) is 5.56 Å². The largest absolute Gasteiger partial charge is 0.462 e. The van der Waals surface area contributed by atoms with E-state index < -0.39 is 10.0 Å². The Hall–Kier alpha value is -2.46. The third-order valence-electron chi connectivity index (χ3n) is 2.98. The number of hydrogen-bond donors (Lipinski definition) is 2. The number of nitrogens with zero attached hydrogens (tertiary/aromatic N) is 4. The van der Waals surface area contributed by atoms with Gasteiger partial charge >= 0.3 is 6.01 Å². The van der Waals surface area contributed by atoms with Gasteiger partial charge in [0.2, 0.25) is 21.9 Å². The van der Waals surface area contributed by atoms with Gasteiger partial charge in [-0.3, -0.25) is 0 Å². The standard InChI is InChI=1S/C14H20N6O3S/c1-10-4-6-11(7-5-10)24(21,22)16-8-9-23-14-18-12(15)17-13(19-14)20(2)3/h4-7,16H,8-9H2,1-3H3,(H2,15,17,18,19). The van der Waals surface area contributed by atoms with Crippen LogP contribution in [0.2, 0.25) is 0 Å². The summed E-state index contributed by atoms with van der Waals surface area (Å²) in [7, 11) is -0.0609. The minimum absolute atomic E-state index is 0.0314. The molecule has 24 heavy (non-hydrogen) atoms. The molecule has 1 aromatic carbocycles. The molecule has 0 saturated heterocycles. The van der Waals surface area contributed by atoms with E-state index in [1.165, 1.54) is 0 Å². The highest BCUT2D eigenvalue weighted by Crippen LogP contribution is 2.11. The van der Waals surface area contributed by atoms with Crippen LogP contribution in [0.5, 0.6) is 6.01 Å². The minimum Gasteiger partial charge on any atom is -0.462 e. The lowest BCUT2D eigenvalue weighted by atomic mass is 10.2. The molecule has 0 fully saturated rings. The molecule has 0 aliphatic carbocycles. The first-order valence-electron chi connectivity index (χ1n) is 7.16. The number of aromatic nitrogens is 3. The maximum atomic E-state index is 12.1. The molecule has 0 atom stereocenters. The number of hydrogen-bond acceptors (Lipinski definition) is 8. The number of anilines is 2. The predicted molar refractivity (Wildman–Crippen MR) is 90.4 cm³/mol. The average molecular weight is 352 g/mol. The summed E-state index contributed by atoms with van der Waals surface area (Å²) in [6.45, 7) is 2.01. The van der Waals surface area contributed by atoms with Crippen LogP contribution < -0.4 is 20.1 Å². The fourth-order valence-corrected chi connectivity index (χ4v) is 2.76. The number of nitrogens with two attached hydrogens (primary N) is 1. The summed E-state index contributed by atoms with van der Waals surface area (Å²) in [4.78, 5) is 13.7. The van der Waals surface area contributed by atoms with Gasteiger partial charge in [-0.15, -0.1) is 0 Å². The lowest BCUT2D eigenvalue weighted by Crippen LogP contribution is -2.28. The van der Waals surface area contributed by atoms with Gasteiger partial charge in [0.1, 0.15) is 6.61 Å². The Morgan fingerprint density at radius 3 is 2.46 bits per heavy atom. The number of sulfonamides is 1.